The van der Waals surface area contributed by atoms with Crippen LogP contribution < -0.4 is 0 Å². The summed E-state index contributed by atoms with van der Waals surface area (Å²) in [6, 6.07) is 0. The topological polar surface area (TPSA) is 0 Å². The lowest BCUT2D eigenvalue weighted by Gasteiger charge is -2.59. The quantitative estimate of drug-likeness (QED) is 0.582. The Morgan fingerprint density at radius 1 is 0.733 bits per heavy atom. The Hall–Kier alpha value is 0.430. The highest BCUT2D eigenvalue weighted by molar-refractivity contribution is 7.59. The zero-order valence-electron chi connectivity index (χ0n) is 9.75. The summed E-state index contributed by atoms with van der Waals surface area (Å²) >= 11 is 0. The average molecular weight is 222 g/mol. The molecule has 0 aromatic rings. The van der Waals surface area contributed by atoms with E-state index in [0.29, 0.717) is 7.92 Å². The molecule has 1 heterocycles. The first-order chi connectivity index (χ1) is 7.34. The van der Waals surface area contributed by atoms with Gasteiger partial charge in [0.25, 0.3) is 0 Å². The molecular weight excluding hydrogens is 199 g/mol. The third-order valence-corrected chi connectivity index (χ3v) is 9.38. The molecule has 5 rings (SSSR count). The standard InChI is InChI=1S/C14H23P/c1-2-4-15(3-1)14-8-11-5-12(9-14)7-13(6-11)10-14/h11-13H,1-10H2. The van der Waals surface area contributed by atoms with E-state index in [1.807, 2.05) is 0 Å². The molecule has 0 nitrogen and oxygen atoms in total. The zero-order chi connectivity index (χ0) is 9.88. The van der Waals surface area contributed by atoms with Gasteiger partial charge in [-0.25, -0.2) is 0 Å². The van der Waals surface area contributed by atoms with E-state index in [2.05, 4.69) is 0 Å². The molecule has 5 aliphatic rings. The molecule has 0 amide bonds. The molecule has 4 saturated carbocycles. The van der Waals surface area contributed by atoms with Crippen molar-refractivity contribution in [2.45, 2.75) is 56.5 Å². The van der Waals surface area contributed by atoms with E-state index in [1.54, 1.807) is 63.7 Å². The Balaban J connectivity index is 1.65. The Morgan fingerprint density at radius 3 is 1.67 bits per heavy atom. The Bertz CT molecular complexity index is 229. The molecule has 1 saturated heterocycles. The summed E-state index contributed by atoms with van der Waals surface area (Å²) in [5.41, 5.74) is 0. The second-order valence-corrected chi connectivity index (χ2v) is 9.76. The molecule has 15 heavy (non-hydrogen) atoms. The second-order valence-electron chi connectivity index (χ2n) is 6.84. The lowest BCUT2D eigenvalue weighted by Crippen LogP contribution is -2.49. The van der Waals surface area contributed by atoms with E-state index >= 15 is 0 Å². The SMILES string of the molecule is C1CCP(C23CC4CC(CC(C4)C2)C3)C1. The fourth-order valence-corrected chi connectivity index (χ4v) is 9.58. The molecule has 0 radical (unpaired) electrons. The molecule has 1 heteroatoms. The highest BCUT2D eigenvalue weighted by Gasteiger charge is 2.53. The van der Waals surface area contributed by atoms with Gasteiger partial charge in [-0.05, 0) is 86.6 Å². The zero-order valence-corrected chi connectivity index (χ0v) is 10.6. The second kappa shape index (κ2) is 3.22. The predicted molar refractivity (Wildman–Crippen MR) is 66.8 cm³/mol. The molecule has 1 aliphatic heterocycles. The van der Waals surface area contributed by atoms with Gasteiger partial charge < -0.3 is 0 Å². The highest BCUT2D eigenvalue weighted by Crippen LogP contribution is 2.70. The maximum absolute atomic E-state index is 1.67. The van der Waals surface area contributed by atoms with E-state index in [9.17, 15) is 0 Å². The van der Waals surface area contributed by atoms with Crippen molar-refractivity contribution in [2.24, 2.45) is 17.8 Å². The third-order valence-electron chi connectivity index (χ3n) is 5.78. The summed E-state index contributed by atoms with van der Waals surface area (Å²) in [6.07, 6.45) is 16.4. The summed E-state index contributed by atoms with van der Waals surface area (Å²) < 4.78 is 0. The van der Waals surface area contributed by atoms with Gasteiger partial charge >= 0.3 is 0 Å². The minimum Gasteiger partial charge on any atom is -0.100 e. The van der Waals surface area contributed by atoms with Gasteiger partial charge in [0.05, 0.1) is 0 Å². The first-order valence-electron chi connectivity index (χ1n) is 7.09. The van der Waals surface area contributed by atoms with Crippen LogP contribution in [0.15, 0.2) is 0 Å². The Labute approximate surface area is 95.0 Å². The van der Waals surface area contributed by atoms with Crippen LogP contribution in [-0.4, -0.2) is 17.5 Å². The maximum Gasteiger partial charge on any atom is -0.00865 e. The first kappa shape index (κ1) is 9.46. The van der Waals surface area contributed by atoms with Gasteiger partial charge in [0.15, 0.2) is 0 Å². The minimum absolute atomic E-state index is 0.481. The fraction of sp³-hybridized carbons (Fsp3) is 1.00. The van der Waals surface area contributed by atoms with Crippen LogP contribution in [0.25, 0.3) is 0 Å². The van der Waals surface area contributed by atoms with Crippen molar-refractivity contribution in [3.63, 3.8) is 0 Å². The highest BCUT2D eigenvalue weighted by atomic mass is 31.1. The van der Waals surface area contributed by atoms with E-state index in [0.717, 1.165) is 5.16 Å². The van der Waals surface area contributed by atoms with Crippen molar-refractivity contribution in [3.8, 4) is 0 Å². The van der Waals surface area contributed by atoms with Crippen LogP contribution in [0.3, 0.4) is 0 Å². The molecule has 0 atom stereocenters. The molecule has 4 bridgehead atoms. The number of hydrogen-bond donors (Lipinski definition) is 0. The fourth-order valence-electron chi connectivity index (χ4n) is 5.64. The maximum atomic E-state index is 1.67. The van der Waals surface area contributed by atoms with Crippen LogP contribution in [0.1, 0.15) is 51.4 Å². The summed E-state index contributed by atoms with van der Waals surface area (Å²) in [5.74, 6) is 3.54. The van der Waals surface area contributed by atoms with Gasteiger partial charge in [-0.15, -0.1) is 7.92 Å². The van der Waals surface area contributed by atoms with E-state index < -0.39 is 0 Å². The predicted octanol–water partition coefficient (Wildman–Crippen LogP) is 4.23. The summed E-state index contributed by atoms with van der Waals surface area (Å²) in [5, 5.41) is 0.945. The van der Waals surface area contributed by atoms with Crippen LogP contribution in [0, 0.1) is 17.8 Å². The van der Waals surface area contributed by atoms with Crippen LogP contribution in [0.2, 0.25) is 0 Å². The lowest BCUT2D eigenvalue weighted by atomic mass is 9.56. The number of hydrogen-bond acceptors (Lipinski definition) is 0. The van der Waals surface area contributed by atoms with Crippen molar-refractivity contribution in [2.75, 3.05) is 12.3 Å². The van der Waals surface area contributed by atoms with Crippen molar-refractivity contribution in [1.82, 2.24) is 0 Å². The van der Waals surface area contributed by atoms with Crippen molar-refractivity contribution in [1.29, 1.82) is 0 Å². The minimum atomic E-state index is 0.481. The molecule has 84 valence electrons. The van der Waals surface area contributed by atoms with Gasteiger partial charge in [0.2, 0.25) is 0 Å². The Morgan fingerprint density at radius 2 is 1.20 bits per heavy atom. The van der Waals surface area contributed by atoms with Crippen LogP contribution in [-0.2, 0) is 0 Å². The largest absolute Gasteiger partial charge is 0.100 e. The van der Waals surface area contributed by atoms with Gasteiger partial charge in [-0.1, -0.05) is 0 Å². The molecular formula is C14H23P. The van der Waals surface area contributed by atoms with Crippen LogP contribution >= 0.6 is 7.92 Å². The molecule has 0 aromatic heterocycles. The summed E-state index contributed by atoms with van der Waals surface area (Å²) in [4.78, 5) is 0. The first-order valence-corrected chi connectivity index (χ1v) is 8.80. The Kier molecular flexibility index (Phi) is 2.03. The van der Waals surface area contributed by atoms with Gasteiger partial charge in [-0.3, -0.25) is 0 Å². The molecule has 0 N–H and O–H groups in total. The molecule has 4 aliphatic carbocycles. The van der Waals surface area contributed by atoms with E-state index in [4.69, 9.17) is 0 Å². The summed E-state index contributed by atoms with van der Waals surface area (Å²) in [7, 11) is 0.481. The van der Waals surface area contributed by atoms with Crippen LogP contribution in [0.4, 0.5) is 0 Å². The molecule has 5 fully saturated rings. The molecule has 0 aromatic carbocycles. The smallest absolute Gasteiger partial charge is 0.00865 e. The van der Waals surface area contributed by atoms with Gasteiger partial charge in [-0.2, -0.15) is 0 Å². The lowest BCUT2D eigenvalue weighted by molar-refractivity contribution is 0.0357. The summed E-state index contributed by atoms with van der Waals surface area (Å²) in [6.45, 7) is 0. The van der Waals surface area contributed by atoms with Crippen LogP contribution in [0.5, 0.6) is 0 Å². The van der Waals surface area contributed by atoms with Gasteiger partial charge in [0.1, 0.15) is 0 Å². The average Bonchev–Trinajstić information content (AvgIpc) is 2.67. The van der Waals surface area contributed by atoms with E-state index in [1.165, 1.54) is 17.8 Å². The van der Waals surface area contributed by atoms with Crippen molar-refractivity contribution < 1.29 is 0 Å². The van der Waals surface area contributed by atoms with Crippen molar-refractivity contribution >= 4 is 7.92 Å². The van der Waals surface area contributed by atoms with Gasteiger partial charge in [0, 0.05) is 0 Å². The monoisotopic (exact) mass is 222 g/mol. The normalized spacial score (nSPS) is 54.0. The van der Waals surface area contributed by atoms with Crippen molar-refractivity contribution in [3.05, 3.63) is 0 Å². The number of rotatable bonds is 1. The molecule has 0 unspecified atom stereocenters. The molecule has 0 spiro atoms. The third kappa shape index (κ3) is 1.36. The van der Waals surface area contributed by atoms with E-state index in [-0.39, 0.29) is 0 Å².